The predicted molar refractivity (Wildman–Crippen MR) is 285 cm³/mol. The number of carboxylic acid groups (broad SMARTS) is 3. The summed E-state index contributed by atoms with van der Waals surface area (Å²) in [4.78, 5) is 67.7. The van der Waals surface area contributed by atoms with Crippen LogP contribution in [0.2, 0.25) is 0 Å². The monoisotopic (exact) mass is 1050 g/mol. The van der Waals surface area contributed by atoms with Crippen molar-refractivity contribution in [1.82, 2.24) is 32.9 Å². The van der Waals surface area contributed by atoms with Gasteiger partial charge in [-0.3, -0.25) is 9.59 Å². The first-order valence-corrected chi connectivity index (χ1v) is 25.4. The van der Waals surface area contributed by atoms with E-state index in [4.69, 9.17) is 35.5 Å². The number of pyridine rings is 2. The van der Waals surface area contributed by atoms with Gasteiger partial charge in [0.1, 0.15) is 11.3 Å². The highest BCUT2D eigenvalue weighted by Gasteiger charge is 2.29. The molecule has 0 spiro atoms. The van der Waals surface area contributed by atoms with Crippen LogP contribution in [0.5, 0.6) is 0 Å². The maximum atomic E-state index is 12.4. The smallest absolute Gasteiger partial charge is 0.335 e. The van der Waals surface area contributed by atoms with Gasteiger partial charge in [0.15, 0.2) is 12.2 Å². The summed E-state index contributed by atoms with van der Waals surface area (Å²) in [5.74, 6) is -4.46. The Morgan fingerprint density at radius 2 is 0.880 bits per heavy atom. The molecule has 75 heavy (non-hydrogen) atoms. The number of hydrogen-bond acceptors (Lipinski definition) is 11. The number of aromatic nitrogens is 4. The lowest BCUT2D eigenvalue weighted by Gasteiger charge is -2.20. The highest BCUT2D eigenvalue weighted by Crippen LogP contribution is 2.28. The minimum atomic E-state index is -3.53. The Labute approximate surface area is 437 Å². The van der Waals surface area contributed by atoms with Crippen molar-refractivity contribution in [3.8, 4) is 22.5 Å². The maximum Gasteiger partial charge on any atom is 0.335 e. The summed E-state index contributed by atoms with van der Waals surface area (Å²) in [5.41, 5.74) is 12.2. The van der Waals surface area contributed by atoms with Crippen LogP contribution in [0.25, 0.3) is 33.8 Å². The minimum absolute atomic E-state index is 0.0710. The van der Waals surface area contributed by atoms with Crippen LogP contribution in [0, 0.1) is 27.7 Å². The van der Waals surface area contributed by atoms with Crippen LogP contribution < -0.4 is 0 Å². The number of carboxylic acids is 3. The summed E-state index contributed by atoms with van der Waals surface area (Å²) >= 11 is 0. The standard InChI is InChI=1S/2C19H21N3O.C13H19NO4S.C4H6O6/c2*1-13-5-8-15(9-6-13)19-16(11-18(23)21(3)4)22-12-14(2)7-10-17(22)20-19;1-3-9-14(10-4-2)19(17,18)12-7-5-11(6-8-12)13(15)16;5-1(3(7)8)2(6)4(9)10/h2*5-10,12H,11H2,1-4H3;5-8H,3-4,9-10H2,1-2H3,(H,15,16);1-2,5-6H,(H,7,8)(H,9,10). The minimum Gasteiger partial charge on any atom is -0.479 e. The number of benzene rings is 3. The van der Waals surface area contributed by atoms with Crippen molar-refractivity contribution in [2.75, 3.05) is 41.3 Å². The zero-order chi connectivity index (χ0) is 55.9. The second kappa shape index (κ2) is 27.0. The number of imidazole rings is 2. The molecule has 0 radical (unpaired) electrons. The second-order valence-corrected chi connectivity index (χ2v) is 20.1. The van der Waals surface area contributed by atoms with E-state index in [0.717, 1.165) is 69.2 Å². The number of aromatic carboxylic acids is 1. The van der Waals surface area contributed by atoms with Gasteiger partial charge >= 0.3 is 17.9 Å². The van der Waals surface area contributed by atoms with Crippen LogP contribution in [0.15, 0.2) is 114 Å². The first-order chi connectivity index (χ1) is 35.3. The molecular formula is C55H67N7O12S. The van der Waals surface area contributed by atoms with Gasteiger partial charge in [-0.15, -0.1) is 0 Å². The van der Waals surface area contributed by atoms with Crippen LogP contribution >= 0.6 is 0 Å². The molecule has 2 atom stereocenters. The number of nitrogens with zero attached hydrogens (tertiary/aromatic N) is 7. The summed E-state index contributed by atoms with van der Waals surface area (Å²) in [7, 11) is 3.59. The molecule has 4 heterocycles. The van der Waals surface area contributed by atoms with Crippen molar-refractivity contribution in [2.45, 2.75) is 84.3 Å². The van der Waals surface area contributed by atoms with Gasteiger partial charge in [-0.25, -0.2) is 32.8 Å². The zero-order valence-corrected chi connectivity index (χ0v) is 44.7. The van der Waals surface area contributed by atoms with Gasteiger partial charge in [0.05, 0.1) is 46.1 Å². The Bertz CT molecular complexity index is 3030. The third kappa shape index (κ3) is 16.1. The number of aliphatic hydroxyl groups is 2. The zero-order valence-electron chi connectivity index (χ0n) is 43.9. The van der Waals surface area contributed by atoms with Gasteiger partial charge in [-0.05, 0) is 88.1 Å². The van der Waals surface area contributed by atoms with Crippen molar-refractivity contribution >= 4 is 51.0 Å². The summed E-state index contributed by atoms with van der Waals surface area (Å²) in [6.45, 7) is 13.0. The normalized spacial score (nSPS) is 11.8. The third-order valence-electron chi connectivity index (χ3n) is 11.5. The fourth-order valence-corrected chi connectivity index (χ4v) is 8.89. The number of rotatable bonds is 16. The quantitative estimate of drug-likeness (QED) is 0.0686. The van der Waals surface area contributed by atoms with Gasteiger partial charge in [0.2, 0.25) is 21.8 Å². The fraction of sp³-hybridized carbons (Fsp3) is 0.327. The summed E-state index contributed by atoms with van der Waals surface area (Å²) in [5, 5.41) is 41.3. The first-order valence-electron chi connectivity index (χ1n) is 24.0. The van der Waals surface area contributed by atoms with Gasteiger partial charge in [0.25, 0.3) is 0 Å². The van der Waals surface area contributed by atoms with Crippen LogP contribution in [-0.4, -0.2) is 150 Å². The largest absolute Gasteiger partial charge is 0.479 e. The SMILES string of the molecule is CCCN(CCC)S(=O)(=O)c1ccc(C(=O)O)cc1.Cc1ccc(-c2nc3ccc(C)cn3c2CC(=O)N(C)C)cc1.Cc1ccc(-c2nc3ccc(C)cn3c2CC(=O)N(C)C)cc1.O=C(O)C(O)C(O)C(=O)O. The number of fused-ring (bicyclic) bond motifs is 2. The molecule has 5 N–H and O–H groups in total. The summed E-state index contributed by atoms with van der Waals surface area (Å²) in [6, 6.07) is 29.9. The molecule has 2 amide bonds. The maximum absolute atomic E-state index is 12.4. The topological polar surface area (TPSA) is 265 Å². The highest BCUT2D eigenvalue weighted by molar-refractivity contribution is 7.89. The van der Waals surface area contributed by atoms with Gasteiger partial charge in [-0.1, -0.05) is 85.6 Å². The molecule has 0 aliphatic heterocycles. The van der Waals surface area contributed by atoms with E-state index in [-0.39, 0.29) is 22.3 Å². The molecule has 19 nitrogen and oxygen atoms in total. The van der Waals surface area contributed by atoms with Crippen LogP contribution in [-0.2, 0) is 42.0 Å². The molecule has 0 aliphatic rings. The number of carbonyl (C=O) groups is 5. The van der Waals surface area contributed by atoms with Gasteiger partial charge < -0.3 is 44.1 Å². The lowest BCUT2D eigenvalue weighted by molar-refractivity contribution is -0.165. The second-order valence-electron chi connectivity index (χ2n) is 18.1. The average molecular weight is 1050 g/mol. The first kappa shape index (κ1) is 59.8. The number of aryl methyl sites for hydroxylation is 4. The van der Waals surface area contributed by atoms with E-state index in [9.17, 15) is 32.4 Å². The fourth-order valence-electron chi connectivity index (χ4n) is 7.26. The van der Waals surface area contributed by atoms with Crippen molar-refractivity contribution in [1.29, 1.82) is 0 Å². The molecular weight excluding hydrogens is 983 g/mol. The van der Waals surface area contributed by atoms with E-state index in [1.54, 1.807) is 38.0 Å². The summed E-state index contributed by atoms with van der Waals surface area (Å²) < 4.78 is 30.2. The molecule has 7 rings (SSSR count). The molecule has 2 unspecified atom stereocenters. The number of sulfonamides is 1. The molecule has 0 saturated heterocycles. The highest BCUT2D eigenvalue weighted by atomic mass is 32.2. The third-order valence-corrected chi connectivity index (χ3v) is 13.4. The van der Waals surface area contributed by atoms with E-state index in [1.165, 1.54) is 39.7 Å². The van der Waals surface area contributed by atoms with E-state index < -0.39 is 40.1 Å². The van der Waals surface area contributed by atoms with Crippen molar-refractivity contribution in [2.24, 2.45) is 0 Å². The van der Waals surface area contributed by atoms with E-state index in [2.05, 4.69) is 62.4 Å². The van der Waals surface area contributed by atoms with Crippen molar-refractivity contribution in [3.05, 3.63) is 149 Å². The van der Waals surface area contributed by atoms with E-state index >= 15 is 0 Å². The summed E-state index contributed by atoms with van der Waals surface area (Å²) in [6.07, 6.45) is 1.70. The molecule has 7 aromatic rings. The Hall–Kier alpha value is -7.78. The number of amides is 2. The Kier molecular flexibility index (Phi) is 21.5. The van der Waals surface area contributed by atoms with Crippen LogP contribution in [0.3, 0.4) is 0 Å². The number of aliphatic carboxylic acids is 2. The van der Waals surface area contributed by atoms with Crippen LogP contribution in [0.4, 0.5) is 0 Å². The lowest BCUT2D eigenvalue weighted by atomic mass is 10.1. The molecule has 0 aliphatic carbocycles. The average Bonchev–Trinajstić information content (AvgIpc) is 3.90. The van der Waals surface area contributed by atoms with Crippen LogP contribution in [0.1, 0.15) is 70.7 Å². The van der Waals surface area contributed by atoms with Crippen molar-refractivity contribution < 1.29 is 57.9 Å². The van der Waals surface area contributed by atoms with Gasteiger partial charge in [-0.2, -0.15) is 4.31 Å². The number of aliphatic hydroxyl groups excluding tert-OH is 2. The predicted octanol–water partition coefficient (Wildman–Crippen LogP) is 6.57. The van der Waals surface area contributed by atoms with E-state index in [1.807, 2.05) is 73.2 Å². The number of likely N-dealkylation sites (N-methyl/N-ethyl adjacent to an activating group) is 2. The van der Waals surface area contributed by atoms with Crippen molar-refractivity contribution in [3.63, 3.8) is 0 Å². The Balaban J connectivity index is 0.000000225. The molecule has 3 aromatic carbocycles. The molecule has 20 heteroatoms. The van der Waals surface area contributed by atoms with Gasteiger partial charge in [0, 0.05) is 64.8 Å². The Morgan fingerprint density at radius 3 is 1.19 bits per heavy atom. The lowest BCUT2D eigenvalue weighted by Crippen LogP contribution is -2.39. The number of carbonyl (C=O) groups excluding carboxylic acids is 2. The molecule has 400 valence electrons. The molecule has 0 saturated carbocycles. The number of hydrogen-bond donors (Lipinski definition) is 5. The molecule has 0 fully saturated rings. The molecule has 4 aromatic heterocycles. The molecule has 0 bridgehead atoms. The van der Waals surface area contributed by atoms with E-state index in [0.29, 0.717) is 25.9 Å². The Morgan fingerprint density at radius 1 is 0.533 bits per heavy atom.